The molecule has 12 heavy (non-hydrogen) atoms. The van der Waals surface area contributed by atoms with Gasteiger partial charge in [0, 0.05) is 6.04 Å². The number of hydrogen-bond acceptors (Lipinski definition) is 4. The molecule has 4 nitrogen and oxygen atoms in total. The van der Waals surface area contributed by atoms with Crippen molar-refractivity contribution in [1.29, 1.82) is 0 Å². The van der Waals surface area contributed by atoms with Crippen LogP contribution in [0.15, 0.2) is 0 Å². The molecule has 70 valence electrons. The van der Waals surface area contributed by atoms with E-state index in [1.165, 1.54) is 0 Å². The van der Waals surface area contributed by atoms with E-state index in [0.717, 1.165) is 0 Å². The fraction of sp³-hybridized carbons (Fsp3) is 1.00. The van der Waals surface area contributed by atoms with Crippen LogP contribution in [0.25, 0.3) is 0 Å². The fourth-order valence-electron chi connectivity index (χ4n) is 1.99. The normalized spacial score (nSPS) is 51.0. The van der Waals surface area contributed by atoms with E-state index in [-0.39, 0.29) is 18.2 Å². The van der Waals surface area contributed by atoms with E-state index in [1.807, 2.05) is 13.8 Å². The van der Waals surface area contributed by atoms with Gasteiger partial charge in [0.05, 0.1) is 6.10 Å². The Balaban J connectivity index is 2.15. The smallest absolute Gasteiger partial charge is 0.163 e. The molecule has 0 bridgehead atoms. The van der Waals surface area contributed by atoms with Gasteiger partial charge in [0.25, 0.3) is 0 Å². The van der Waals surface area contributed by atoms with Crippen molar-refractivity contribution in [3.05, 3.63) is 0 Å². The quantitative estimate of drug-likeness (QED) is 0.523. The van der Waals surface area contributed by atoms with Crippen LogP contribution in [-0.2, 0) is 9.47 Å². The number of aliphatic hydroxyl groups excluding tert-OH is 1. The molecule has 0 aromatic rings. The second-order valence-corrected chi connectivity index (χ2v) is 4.03. The molecule has 4 heteroatoms. The Labute approximate surface area is 71.6 Å². The van der Waals surface area contributed by atoms with Gasteiger partial charge in [-0.1, -0.05) is 0 Å². The number of aliphatic hydroxyl groups is 1. The van der Waals surface area contributed by atoms with Crippen LogP contribution in [0.3, 0.4) is 0 Å². The van der Waals surface area contributed by atoms with E-state index in [0.29, 0.717) is 6.42 Å². The Kier molecular flexibility index (Phi) is 1.70. The molecule has 0 amide bonds. The number of rotatable bonds is 0. The summed E-state index contributed by atoms with van der Waals surface area (Å²) in [5.41, 5.74) is 5.77. The first kappa shape index (κ1) is 8.44. The van der Waals surface area contributed by atoms with Crippen molar-refractivity contribution < 1.29 is 14.6 Å². The second-order valence-electron chi connectivity index (χ2n) is 4.03. The van der Waals surface area contributed by atoms with Gasteiger partial charge in [-0.15, -0.1) is 0 Å². The molecule has 2 rings (SSSR count). The molecule has 0 aromatic carbocycles. The van der Waals surface area contributed by atoms with Crippen molar-refractivity contribution in [3.8, 4) is 0 Å². The van der Waals surface area contributed by atoms with Gasteiger partial charge in [-0.3, -0.25) is 0 Å². The monoisotopic (exact) mass is 173 g/mol. The van der Waals surface area contributed by atoms with Crippen molar-refractivity contribution >= 4 is 0 Å². The molecule has 3 N–H and O–H groups in total. The van der Waals surface area contributed by atoms with Crippen molar-refractivity contribution in [2.75, 3.05) is 0 Å². The fourth-order valence-corrected chi connectivity index (χ4v) is 1.99. The van der Waals surface area contributed by atoms with Gasteiger partial charge in [0.15, 0.2) is 5.79 Å². The SMILES string of the molecule is CC1(C)O[C@@H]2[C@H](O1)[C@H](N)C[C@@H]2O. The molecule has 4 atom stereocenters. The minimum absolute atomic E-state index is 0.0909. The Hall–Kier alpha value is -0.160. The van der Waals surface area contributed by atoms with Gasteiger partial charge in [-0.05, 0) is 20.3 Å². The Morgan fingerprint density at radius 3 is 2.50 bits per heavy atom. The molecular formula is C8H15NO3. The molecule has 2 aliphatic rings. The molecule has 0 unspecified atom stereocenters. The minimum Gasteiger partial charge on any atom is -0.390 e. The standard InChI is InChI=1S/C8H15NO3/c1-8(2)11-6-4(9)3-5(10)7(6)12-8/h4-7,10H,3,9H2,1-2H3/t4-,5+,6-,7+/m1/s1. The van der Waals surface area contributed by atoms with Crippen LogP contribution in [0.2, 0.25) is 0 Å². The highest BCUT2D eigenvalue weighted by Gasteiger charge is 2.52. The third-order valence-electron chi connectivity index (χ3n) is 2.48. The van der Waals surface area contributed by atoms with Crippen LogP contribution in [-0.4, -0.2) is 35.2 Å². The summed E-state index contributed by atoms with van der Waals surface area (Å²) in [4.78, 5) is 0. The van der Waals surface area contributed by atoms with Gasteiger partial charge in [-0.2, -0.15) is 0 Å². The van der Waals surface area contributed by atoms with Crippen LogP contribution in [0.5, 0.6) is 0 Å². The van der Waals surface area contributed by atoms with Crippen LogP contribution in [0, 0.1) is 0 Å². The molecule has 1 saturated heterocycles. The van der Waals surface area contributed by atoms with Crippen molar-refractivity contribution in [3.63, 3.8) is 0 Å². The molecule has 1 saturated carbocycles. The van der Waals surface area contributed by atoms with Crippen LogP contribution < -0.4 is 5.73 Å². The third kappa shape index (κ3) is 1.15. The van der Waals surface area contributed by atoms with Gasteiger partial charge < -0.3 is 20.3 Å². The first-order chi connectivity index (χ1) is 5.49. The molecular weight excluding hydrogens is 158 g/mol. The van der Waals surface area contributed by atoms with Crippen LogP contribution >= 0.6 is 0 Å². The lowest BCUT2D eigenvalue weighted by atomic mass is 10.2. The number of hydrogen-bond donors (Lipinski definition) is 2. The Morgan fingerprint density at radius 1 is 1.33 bits per heavy atom. The molecule has 0 spiro atoms. The van der Waals surface area contributed by atoms with Crippen molar-refractivity contribution in [2.24, 2.45) is 5.73 Å². The molecule has 1 aliphatic carbocycles. The van der Waals surface area contributed by atoms with Crippen molar-refractivity contribution in [1.82, 2.24) is 0 Å². The zero-order valence-electron chi connectivity index (χ0n) is 7.36. The van der Waals surface area contributed by atoms with E-state index >= 15 is 0 Å². The summed E-state index contributed by atoms with van der Waals surface area (Å²) in [5.74, 6) is -0.589. The zero-order chi connectivity index (χ0) is 8.93. The average Bonchev–Trinajstić information content (AvgIpc) is 2.34. The number of ether oxygens (including phenoxy) is 2. The van der Waals surface area contributed by atoms with E-state index in [9.17, 15) is 5.11 Å². The predicted octanol–water partition coefficient (Wildman–Crippen LogP) is -0.402. The van der Waals surface area contributed by atoms with Gasteiger partial charge >= 0.3 is 0 Å². The average molecular weight is 173 g/mol. The zero-order valence-corrected chi connectivity index (χ0v) is 7.36. The molecule has 0 radical (unpaired) electrons. The molecule has 1 heterocycles. The number of fused-ring (bicyclic) bond motifs is 1. The summed E-state index contributed by atoms with van der Waals surface area (Å²) >= 11 is 0. The van der Waals surface area contributed by atoms with Crippen molar-refractivity contribution in [2.45, 2.75) is 50.4 Å². The lowest BCUT2D eigenvalue weighted by Gasteiger charge is -2.20. The summed E-state index contributed by atoms with van der Waals surface area (Å²) < 4.78 is 11.1. The van der Waals surface area contributed by atoms with E-state index in [4.69, 9.17) is 15.2 Å². The van der Waals surface area contributed by atoms with Gasteiger partial charge in [0.2, 0.25) is 0 Å². The highest BCUT2D eigenvalue weighted by atomic mass is 16.8. The van der Waals surface area contributed by atoms with Gasteiger partial charge in [-0.25, -0.2) is 0 Å². The second kappa shape index (κ2) is 2.42. The maximum atomic E-state index is 9.52. The maximum Gasteiger partial charge on any atom is 0.163 e. The van der Waals surface area contributed by atoms with E-state index in [1.54, 1.807) is 0 Å². The number of nitrogens with two attached hydrogens (primary N) is 1. The minimum atomic E-state index is -0.589. The predicted molar refractivity (Wildman–Crippen MR) is 42.4 cm³/mol. The Morgan fingerprint density at radius 2 is 1.92 bits per heavy atom. The van der Waals surface area contributed by atoms with Crippen LogP contribution in [0.1, 0.15) is 20.3 Å². The van der Waals surface area contributed by atoms with Gasteiger partial charge in [0.1, 0.15) is 12.2 Å². The van der Waals surface area contributed by atoms with E-state index < -0.39 is 11.9 Å². The highest BCUT2D eigenvalue weighted by molar-refractivity contribution is 5.00. The molecule has 2 fully saturated rings. The third-order valence-corrected chi connectivity index (χ3v) is 2.48. The lowest BCUT2D eigenvalue weighted by molar-refractivity contribution is -0.163. The highest BCUT2D eigenvalue weighted by Crippen LogP contribution is 2.37. The van der Waals surface area contributed by atoms with Crippen LogP contribution in [0.4, 0.5) is 0 Å². The molecule has 1 aliphatic heterocycles. The summed E-state index contributed by atoms with van der Waals surface area (Å²) in [7, 11) is 0. The summed E-state index contributed by atoms with van der Waals surface area (Å²) in [5, 5.41) is 9.52. The first-order valence-corrected chi connectivity index (χ1v) is 4.29. The summed E-state index contributed by atoms with van der Waals surface area (Å²) in [6, 6.07) is -0.0909. The molecule has 0 aromatic heterocycles. The largest absolute Gasteiger partial charge is 0.390 e. The first-order valence-electron chi connectivity index (χ1n) is 4.29. The Bertz CT molecular complexity index is 177. The lowest BCUT2D eigenvalue weighted by Crippen LogP contribution is -2.35. The summed E-state index contributed by atoms with van der Waals surface area (Å²) in [6.07, 6.45) is -0.248. The maximum absolute atomic E-state index is 9.52. The topological polar surface area (TPSA) is 64.7 Å². The summed E-state index contributed by atoms with van der Waals surface area (Å²) in [6.45, 7) is 3.68. The van der Waals surface area contributed by atoms with E-state index in [2.05, 4.69) is 0 Å².